The maximum absolute atomic E-state index is 13.9. The Labute approximate surface area is 134 Å². The first kappa shape index (κ1) is 16.8. The van der Waals surface area contributed by atoms with Gasteiger partial charge in [0.15, 0.2) is 0 Å². The van der Waals surface area contributed by atoms with Crippen LogP contribution in [0.4, 0.5) is 4.39 Å². The molecule has 3 N–H and O–H groups in total. The lowest BCUT2D eigenvalue weighted by atomic mass is 10.0. The number of H-pyrrole nitrogens is 1. The molecule has 0 unspecified atom stereocenters. The van der Waals surface area contributed by atoms with Crippen molar-refractivity contribution in [3.63, 3.8) is 0 Å². The number of hydrogen-bond donors (Lipinski definition) is 4. The summed E-state index contributed by atoms with van der Waals surface area (Å²) in [6.45, 7) is 3.59. The summed E-state index contributed by atoms with van der Waals surface area (Å²) < 4.78 is 13.9. The molecule has 22 heavy (non-hydrogen) atoms. The molecule has 2 atom stereocenters. The van der Waals surface area contributed by atoms with Gasteiger partial charge in [-0.05, 0) is 30.0 Å². The number of halogens is 1. The number of carbonyl (C=O) groups is 1. The van der Waals surface area contributed by atoms with Crippen LogP contribution in [0.15, 0.2) is 24.4 Å². The van der Waals surface area contributed by atoms with Gasteiger partial charge in [-0.25, -0.2) is 4.39 Å². The predicted molar refractivity (Wildman–Crippen MR) is 88.6 cm³/mol. The molecule has 0 radical (unpaired) electrons. The van der Waals surface area contributed by atoms with Gasteiger partial charge in [0.2, 0.25) is 5.91 Å². The first-order valence-corrected chi connectivity index (χ1v) is 7.79. The predicted octanol–water partition coefficient (Wildman–Crippen LogP) is 2.28. The van der Waals surface area contributed by atoms with Gasteiger partial charge in [0.05, 0.1) is 17.9 Å². The number of aromatic nitrogens is 1. The maximum atomic E-state index is 13.9. The number of carbonyl (C=O) groups excluding carboxylic acids is 1. The average Bonchev–Trinajstić information content (AvgIpc) is 2.89. The Kier molecular flexibility index (Phi) is 5.47. The largest absolute Gasteiger partial charge is 0.394 e. The summed E-state index contributed by atoms with van der Waals surface area (Å²) >= 11 is 4.26. The fraction of sp³-hybridized carbons (Fsp3) is 0.438. The Hall–Kier alpha value is -1.53. The molecule has 0 aliphatic rings. The van der Waals surface area contributed by atoms with E-state index in [1.165, 1.54) is 6.07 Å². The van der Waals surface area contributed by atoms with Crippen molar-refractivity contribution in [3.8, 4) is 0 Å². The SMILES string of the molecule is CC(C)[C@H](S)C(=O)N[C@H](CO)Cc1c[nH]c2cccc(F)c12. The number of hydrogen-bond acceptors (Lipinski definition) is 3. The highest BCUT2D eigenvalue weighted by Gasteiger charge is 2.22. The lowest BCUT2D eigenvalue weighted by Gasteiger charge is -2.20. The Balaban J connectivity index is 2.14. The van der Waals surface area contributed by atoms with Gasteiger partial charge in [-0.3, -0.25) is 4.79 Å². The highest BCUT2D eigenvalue weighted by atomic mass is 32.1. The minimum atomic E-state index is -0.473. The van der Waals surface area contributed by atoms with Crippen LogP contribution in [-0.4, -0.2) is 33.9 Å². The zero-order valence-corrected chi connectivity index (χ0v) is 13.5. The van der Waals surface area contributed by atoms with Crippen molar-refractivity contribution < 1.29 is 14.3 Å². The van der Waals surface area contributed by atoms with Crippen LogP contribution < -0.4 is 5.32 Å². The smallest absolute Gasteiger partial charge is 0.233 e. The van der Waals surface area contributed by atoms with E-state index in [0.717, 1.165) is 5.56 Å². The summed E-state index contributed by atoms with van der Waals surface area (Å²) in [7, 11) is 0. The topological polar surface area (TPSA) is 65.1 Å². The second-order valence-corrected chi connectivity index (χ2v) is 6.31. The van der Waals surface area contributed by atoms with Crippen molar-refractivity contribution in [1.29, 1.82) is 0 Å². The van der Waals surface area contributed by atoms with E-state index in [4.69, 9.17) is 0 Å². The molecule has 0 aliphatic heterocycles. The summed E-state index contributed by atoms with van der Waals surface area (Å²) in [6, 6.07) is 4.35. The molecule has 0 spiro atoms. The van der Waals surface area contributed by atoms with Gasteiger partial charge >= 0.3 is 0 Å². The van der Waals surface area contributed by atoms with Crippen LogP contribution >= 0.6 is 12.6 Å². The Bertz CT molecular complexity index is 657. The number of benzene rings is 1. The van der Waals surface area contributed by atoms with Crippen molar-refractivity contribution in [2.24, 2.45) is 5.92 Å². The second-order valence-electron chi connectivity index (χ2n) is 5.76. The van der Waals surface area contributed by atoms with Crippen LogP contribution in [0.25, 0.3) is 10.9 Å². The molecular weight excluding hydrogens is 303 g/mol. The van der Waals surface area contributed by atoms with E-state index in [0.29, 0.717) is 17.3 Å². The van der Waals surface area contributed by atoms with E-state index in [1.54, 1.807) is 18.3 Å². The average molecular weight is 324 g/mol. The lowest BCUT2D eigenvalue weighted by Crippen LogP contribution is -2.44. The first-order chi connectivity index (χ1) is 10.4. The fourth-order valence-electron chi connectivity index (χ4n) is 2.38. The van der Waals surface area contributed by atoms with Crippen molar-refractivity contribution >= 4 is 29.4 Å². The molecule has 2 rings (SSSR count). The third-order valence-corrected chi connectivity index (χ3v) is 4.50. The molecule has 1 amide bonds. The number of rotatable bonds is 6. The second kappa shape index (κ2) is 7.15. The van der Waals surface area contributed by atoms with E-state index < -0.39 is 11.3 Å². The van der Waals surface area contributed by atoms with Gasteiger partial charge < -0.3 is 15.4 Å². The van der Waals surface area contributed by atoms with Gasteiger partial charge in [-0.2, -0.15) is 12.6 Å². The molecule has 0 saturated carbocycles. The number of thiol groups is 1. The number of aliphatic hydroxyl groups excluding tert-OH is 1. The fourth-order valence-corrected chi connectivity index (χ4v) is 2.46. The number of amides is 1. The quantitative estimate of drug-likeness (QED) is 0.616. The Morgan fingerprint density at radius 1 is 1.45 bits per heavy atom. The molecule has 0 aliphatic carbocycles. The summed E-state index contributed by atoms with van der Waals surface area (Å²) in [5.74, 6) is -0.447. The van der Waals surface area contributed by atoms with E-state index in [1.807, 2.05) is 13.8 Å². The molecule has 1 heterocycles. The summed E-state index contributed by atoms with van der Waals surface area (Å²) in [5, 5.41) is 12.3. The lowest BCUT2D eigenvalue weighted by molar-refractivity contribution is -0.122. The molecule has 0 saturated heterocycles. The summed E-state index contributed by atoms with van der Waals surface area (Å²) in [4.78, 5) is 15.0. The molecule has 1 aromatic heterocycles. The van der Waals surface area contributed by atoms with Crippen LogP contribution in [0.2, 0.25) is 0 Å². The molecule has 2 aromatic rings. The van der Waals surface area contributed by atoms with Gasteiger partial charge in [0.1, 0.15) is 5.82 Å². The molecule has 0 bridgehead atoms. The van der Waals surface area contributed by atoms with Crippen molar-refractivity contribution in [3.05, 3.63) is 35.8 Å². The highest BCUT2D eigenvalue weighted by molar-refractivity contribution is 7.81. The highest BCUT2D eigenvalue weighted by Crippen LogP contribution is 2.22. The zero-order chi connectivity index (χ0) is 16.3. The van der Waals surface area contributed by atoms with Crippen molar-refractivity contribution in [2.45, 2.75) is 31.6 Å². The Morgan fingerprint density at radius 3 is 2.82 bits per heavy atom. The third-order valence-electron chi connectivity index (χ3n) is 3.67. The molecule has 6 heteroatoms. The van der Waals surface area contributed by atoms with E-state index in [9.17, 15) is 14.3 Å². The molecular formula is C16H21FN2O2S. The van der Waals surface area contributed by atoms with Gasteiger partial charge in [0, 0.05) is 17.1 Å². The zero-order valence-electron chi connectivity index (χ0n) is 12.6. The Morgan fingerprint density at radius 2 is 2.18 bits per heavy atom. The van der Waals surface area contributed by atoms with E-state index in [-0.39, 0.29) is 24.2 Å². The minimum Gasteiger partial charge on any atom is -0.394 e. The van der Waals surface area contributed by atoms with Gasteiger partial charge in [-0.15, -0.1) is 0 Å². The van der Waals surface area contributed by atoms with Crippen LogP contribution in [0, 0.1) is 11.7 Å². The van der Waals surface area contributed by atoms with Crippen molar-refractivity contribution in [1.82, 2.24) is 10.3 Å². The van der Waals surface area contributed by atoms with Crippen LogP contribution in [-0.2, 0) is 11.2 Å². The number of aliphatic hydroxyl groups is 1. The monoisotopic (exact) mass is 324 g/mol. The third kappa shape index (κ3) is 3.62. The standard InChI is InChI=1S/C16H21FN2O2S/c1-9(2)15(22)16(21)19-11(8-20)6-10-7-18-13-5-3-4-12(17)14(10)13/h3-5,7,9,11,15,18,20,22H,6,8H2,1-2H3,(H,19,21)/t11-,15-/m0/s1. The van der Waals surface area contributed by atoms with Gasteiger partial charge in [0.25, 0.3) is 0 Å². The summed E-state index contributed by atoms with van der Waals surface area (Å²) in [6.07, 6.45) is 2.06. The van der Waals surface area contributed by atoms with E-state index in [2.05, 4.69) is 22.9 Å². The molecule has 0 fully saturated rings. The summed E-state index contributed by atoms with van der Waals surface area (Å²) in [5.41, 5.74) is 1.43. The van der Waals surface area contributed by atoms with Crippen LogP contribution in [0.1, 0.15) is 19.4 Å². The molecule has 4 nitrogen and oxygen atoms in total. The normalized spacial score (nSPS) is 14.3. The molecule has 120 valence electrons. The first-order valence-electron chi connectivity index (χ1n) is 7.27. The number of fused-ring (bicyclic) bond motifs is 1. The minimum absolute atomic E-state index is 0.0909. The maximum Gasteiger partial charge on any atom is 0.233 e. The van der Waals surface area contributed by atoms with E-state index >= 15 is 0 Å². The van der Waals surface area contributed by atoms with Gasteiger partial charge in [-0.1, -0.05) is 19.9 Å². The molecule has 1 aromatic carbocycles. The van der Waals surface area contributed by atoms with Crippen LogP contribution in [0.5, 0.6) is 0 Å². The number of aromatic amines is 1. The van der Waals surface area contributed by atoms with Crippen LogP contribution in [0.3, 0.4) is 0 Å². The number of nitrogens with one attached hydrogen (secondary N) is 2. The van der Waals surface area contributed by atoms with Crippen molar-refractivity contribution in [2.75, 3.05) is 6.61 Å².